The van der Waals surface area contributed by atoms with Gasteiger partial charge in [-0.15, -0.1) is 0 Å². The van der Waals surface area contributed by atoms with Gasteiger partial charge in [-0.25, -0.2) is 4.99 Å². The molecule has 30 heavy (non-hydrogen) atoms. The molecule has 1 aromatic heterocycles. The van der Waals surface area contributed by atoms with Crippen molar-refractivity contribution in [2.75, 3.05) is 5.32 Å². The van der Waals surface area contributed by atoms with E-state index in [4.69, 9.17) is 9.41 Å². The molecule has 7 heteroatoms. The van der Waals surface area contributed by atoms with Crippen LogP contribution in [-0.2, 0) is 4.79 Å². The Morgan fingerprint density at radius 1 is 1.20 bits per heavy atom. The highest BCUT2D eigenvalue weighted by Crippen LogP contribution is 2.43. The molecule has 0 amide bonds. The van der Waals surface area contributed by atoms with E-state index >= 15 is 0 Å². The van der Waals surface area contributed by atoms with Crippen LogP contribution in [0.4, 0.5) is 6.01 Å². The second kappa shape index (κ2) is 7.09. The summed E-state index contributed by atoms with van der Waals surface area (Å²) in [5.74, 6) is 0.376. The van der Waals surface area contributed by atoms with Gasteiger partial charge in [0.1, 0.15) is 11.3 Å². The van der Waals surface area contributed by atoms with Gasteiger partial charge >= 0.3 is 6.01 Å². The van der Waals surface area contributed by atoms with Gasteiger partial charge in [-0.05, 0) is 35.2 Å². The molecule has 2 aliphatic rings. The van der Waals surface area contributed by atoms with Crippen LogP contribution in [0.3, 0.4) is 0 Å². The van der Waals surface area contributed by atoms with Gasteiger partial charge in [-0.3, -0.25) is 10.1 Å². The number of aromatic nitrogens is 1. The Kier molecular flexibility index (Phi) is 4.50. The van der Waals surface area contributed by atoms with Crippen molar-refractivity contribution < 1.29 is 9.21 Å². The number of Topliss-reactive ketones (excluding diaryl/α,β-unsaturated/α-hetero) is 1. The van der Waals surface area contributed by atoms with Gasteiger partial charge in [0.15, 0.2) is 5.58 Å². The number of guanidine groups is 1. The molecule has 0 saturated heterocycles. The van der Waals surface area contributed by atoms with Crippen molar-refractivity contribution in [2.45, 2.75) is 26.3 Å². The minimum atomic E-state index is -0.332. The summed E-state index contributed by atoms with van der Waals surface area (Å²) in [5.41, 5.74) is 3.11. The SMILES string of the molecule is CC1(C)C=C2NC(Nc3nc4ccccc4o3)=N[C@H](c3cccc(Br)c3)[C@H]2C(=O)C1. The second-order valence-electron chi connectivity index (χ2n) is 8.42. The average Bonchev–Trinajstić information content (AvgIpc) is 3.08. The van der Waals surface area contributed by atoms with Crippen LogP contribution >= 0.6 is 15.9 Å². The Morgan fingerprint density at radius 3 is 2.83 bits per heavy atom. The highest BCUT2D eigenvalue weighted by atomic mass is 79.9. The zero-order valence-electron chi connectivity index (χ0n) is 16.6. The molecule has 2 heterocycles. The summed E-state index contributed by atoms with van der Waals surface area (Å²) >= 11 is 3.53. The summed E-state index contributed by atoms with van der Waals surface area (Å²) in [6.45, 7) is 4.15. The number of hydrogen-bond acceptors (Lipinski definition) is 6. The van der Waals surface area contributed by atoms with Crippen molar-refractivity contribution in [3.8, 4) is 0 Å². The lowest BCUT2D eigenvalue weighted by Gasteiger charge is -2.38. The van der Waals surface area contributed by atoms with Crippen LogP contribution in [-0.4, -0.2) is 16.7 Å². The zero-order valence-corrected chi connectivity index (χ0v) is 18.2. The van der Waals surface area contributed by atoms with Crippen molar-refractivity contribution in [3.05, 3.63) is 70.3 Å². The summed E-state index contributed by atoms with van der Waals surface area (Å²) in [5, 5.41) is 6.47. The van der Waals surface area contributed by atoms with E-state index in [9.17, 15) is 4.79 Å². The summed E-state index contributed by atoms with van der Waals surface area (Å²) in [4.78, 5) is 22.4. The summed E-state index contributed by atoms with van der Waals surface area (Å²) < 4.78 is 6.75. The van der Waals surface area contributed by atoms with Gasteiger partial charge < -0.3 is 9.73 Å². The van der Waals surface area contributed by atoms with Crippen LogP contribution in [0.5, 0.6) is 0 Å². The third kappa shape index (κ3) is 3.54. The Bertz CT molecular complexity index is 1180. The van der Waals surface area contributed by atoms with E-state index < -0.39 is 0 Å². The van der Waals surface area contributed by atoms with Gasteiger partial charge in [-0.2, -0.15) is 4.98 Å². The van der Waals surface area contributed by atoms with Crippen molar-refractivity contribution in [1.82, 2.24) is 10.3 Å². The standard InChI is InChI=1S/C23H21BrN4O2/c1-23(2)11-16-19(17(29)12-23)20(13-6-5-7-14(24)10-13)27-21(25-16)28-22-26-15-8-3-4-9-18(15)30-22/h3-11,19-20H,12H2,1-2H3,(H2,25,26,27,28)/t19-,20-/m1/s1. The summed E-state index contributed by atoms with van der Waals surface area (Å²) in [6, 6.07) is 15.6. The zero-order chi connectivity index (χ0) is 20.9. The molecule has 0 bridgehead atoms. The number of benzene rings is 2. The van der Waals surface area contributed by atoms with E-state index in [1.54, 1.807) is 0 Å². The maximum absolute atomic E-state index is 13.1. The molecule has 6 nitrogen and oxygen atoms in total. The Labute approximate surface area is 182 Å². The number of fused-ring (bicyclic) bond motifs is 2. The van der Waals surface area contributed by atoms with Crippen molar-refractivity contribution in [1.29, 1.82) is 0 Å². The minimum Gasteiger partial charge on any atom is -0.423 e. The lowest BCUT2D eigenvalue weighted by Crippen LogP contribution is -2.45. The fourth-order valence-electron chi connectivity index (χ4n) is 4.18. The number of hydrogen-bond donors (Lipinski definition) is 2. The Hall–Kier alpha value is -2.93. The first-order valence-electron chi connectivity index (χ1n) is 9.86. The van der Waals surface area contributed by atoms with E-state index in [1.807, 2.05) is 48.5 Å². The molecule has 1 aliphatic carbocycles. The van der Waals surface area contributed by atoms with Gasteiger partial charge in [0, 0.05) is 16.6 Å². The molecule has 0 fully saturated rings. The molecule has 5 rings (SSSR count). The van der Waals surface area contributed by atoms with Gasteiger partial charge in [0.05, 0.1) is 12.0 Å². The lowest BCUT2D eigenvalue weighted by atomic mass is 9.72. The molecule has 0 saturated carbocycles. The van der Waals surface area contributed by atoms with E-state index in [1.165, 1.54) is 0 Å². The van der Waals surface area contributed by atoms with Gasteiger partial charge in [-0.1, -0.05) is 60.1 Å². The van der Waals surface area contributed by atoms with Crippen molar-refractivity contribution in [3.63, 3.8) is 0 Å². The van der Waals surface area contributed by atoms with Crippen molar-refractivity contribution in [2.24, 2.45) is 16.3 Å². The largest absolute Gasteiger partial charge is 0.423 e. The highest BCUT2D eigenvalue weighted by Gasteiger charge is 2.42. The van der Waals surface area contributed by atoms with Crippen LogP contribution in [0.25, 0.3) is 11.1 Å². The fourth-order valence-corrected chi connectivity index (χ4v) is 4.60. The molecular formula is C23H21BrN4O2. The van der Waals surface area contributed by atoms with Crippen molar-refractivity contribution >= 4 is 44.8 Å². The third-order valence-corrected chi connectivity index (χ3v) is 5.91. The molecular weight excluding hydrogens is 444 g/mol. The average molecular weight is 465 g/mol. The molecule has 0 radical (unpaired) electrons. The van der Waals surface area contributed by atoms with E-state index in [0.29, 0.717) is 24.0 Å². The van der Waals surface area contributed by atoms with Crippen LogP contribution in [0.15, 0.2) is 74.2 Å². The minimum absolute atomic E-state index is 0.194. The number of para-hydroxylation sites is 2. The molecule has 0 unspecified atom stereocenters. The number of nitrogens with one attached hydrogen (secondary N) is 2. The maximum Gasteiger partial charge on any atom is 0.302 e. The predicted octanol–water partition coefficient (Wildman–Crippen LogP) is 5.20. The van der Waals surface area contributed by atoms with E-state index in [0.717, 1.165) is 21.2 Å². The lowest BCUT2D eigenvalue weighted by molar-refractivity contribution is -0.124. The first kappa shape index (κ1) is 19.1. The molecule has 2 N–H and O–H groups in total. The first-order valence-corrected chi connectivity index (χ1v) is 10.7. The number of rotatable bonds is 2. The number of carbonyl (C=O) groups excluding carboxylic acids is 1. The maximum atomic E-state index is 13.1. The fraction of sp³-hybridized carbons (Fsp3) is 0.261. The molecule has 1 aliphatic heterocycles. The van der Waals surface area contributed by atoms with E-state index in [-0.39, 0.29) is 23.2 Å². The van der Waals surface area contributed by atoms with Gasteiger partial charge in [0.2, 0.25) is 5.96 Å². The smallest absolute Gasteiger partial charge is 0.302 e. The monoisotopic (exact) mass is 464 g/mol. The number of anilines is 1. The molecule has 2 aromatic carbocycles. The number of aliphatic imine (C=N–C) groups is 1. The van der Waals surface area contributed by atoms with Crippen LogP contribution in [0, 0.1) is 11.3 Å². The molecule has 3 aromatic rings. The van der Waals surface area contributed by atoms with Crippen LogP contribution in [0.2, 0.25) is 0 Å². The second-order valence-corrected chi connectivity index (χ2v) is 9.34. The summed E-state index contributed by atoms with van der Waals surface area (Å²) in [7, 11) is 0. The number of oxazole rings is 1. The number of carbonyl (C=O) groups is 1. The van der Waals surface area contributed by atoms with Gasteiger partial charge in [0.25, 0.3) is 0 Å². The molecule has 2 atom stereocenters. The van der Waals surface area contributed by atoms with E-state index in [2.05, 4.69) is 51.5 Å². The quantitative estimate of drug-likeness (QED) is 0.544. The number of halogens is 1. The summed E-state index contributed by atoms with van der Waals surface area (Å²) in [6.07, 6.45) is 2.64. The third-order valence-electron chi connectivity index (χ3n) is 5.41. The Balaban J connectivity index is 1.56. The molecule has 0 spiro atoms. The normalized spacial score (nSPS) is 22.7. The topological polar surface area (TPSA) is 79.5 Å². The Morgan fingerprint density at radius 2 is 2.03 bits per heavy atom. The number of nitrogens with zero attached hydrogens (tertiary/aromatic N) is 2. The number of ketones is 1. The number of allylic oxidation sites excluding steroid dienone is 1. The molecule has 152 valence electrons. The highest BCUT2D eigenvalue weighted by molar-refractivity contribution is 9.10. The first-order chi connectivity index (χ1) is 14.4. The van der Waals surface area contributed by atoms with Crippen LogP contribution in [0.1, 0.15) is 31.9 Å². The predicted molar refractivity (Wildman–Crippen MR) is 120 cm³/mol. The van der Waals surface area contributed by atoms with Crippen LogP contribution < -0.4 is 10.6 Å².